The Morgan fingerprint density at radius 1 is 0.500 bits per heavy atom. The van der Waals surface area contributed by atoms with E-state index in [0.29, 0.717) is 33.4 Å². The molecule has 0 saturated carbocycles. The summed E-state index contributed by atoms with van der Waals surface area (Å²) in [4.78, 5) is 30.3. The van der Waals surface area contributed by atoms with Crippen LogP contribution in [0.15, 0.2) is 140 Å². The van der Waals surface area contributed by atoms with Crippen LogP contribution >= 0.6 is 0 Å². The van der Waals surface area contributed by atoms with Crippen LogP contribution < -0.4 is 4.90 Å². The van der Waals surface area contributed by atoms with E-state index in [2.05, 4.69) is 0 Å². The Labute approximate surface area is 261 Å². The van der Waals surface area contributed by atoms with Gasteiger partial charge < -0.3 is 4.57 Å². The van der Waals surface area contributed by atoms with Gasteiger partial charge in [0.05, 0.1) is 39.1 Å². The molecule has 46 heavy (non-hydrogen) atoms. The molecule has 0 bridgehead atoms. The topological polar surface area (TPSA) is 42.3 Å². The molecule has 2 heterocycles. The minimum absolute atomic E-state index is 0.134. The third-order valence-corrected chi connectivity index (χ3v) is 8.56. The molecule has 222 valence electrons. The molecular formula is C39H23F3N2O2. The molecule has 0 spiro atoms. The number of carbonyl (C=O) groups excluding carboxylic acids is 2. The molecule has 4 nitrogen and oxygen atoms in total. The van der Waals surface area contributed by atoms with E-state index >= 15 is 0 Å². The fourth-order valence-corrected chi connectivity index (χ4v) is 6.55. The van der Waals surface area contributed by atoms with Crippen molar-refractivity contribution >= 4 is 39.3 Å². The Morgan fingerprint density at radius 2 is 1.07 bits per heavy atom. The summed E-state index contributed by atoms with van der Waals surface area (Å²) in [6, 6.07) is 40.6. The van der Waals surface area contributed by atoms with E-state index in [0.717, 1.165) is 28.6 Å². The molecule has 0 saturated heterocycles. The lowest BCUT2D eigenvalue weighted by atomic mass is 9.95. The maximum atomic E-state index is 14.7. The van der Waals surface area contributed by atoms with Crippen molar-refractivity contribution < 1.29 is 22.8 Å². The fourth-order valence-electron chi connectivity index (χ4n) is 6.55. The second-order valence-electron chi connectivity index (χ2n) is 11.2. The zero-order valence-corrected chi connectivity index (χ0v) is 24.1. The fraction of sp³-hybridized carbons (Fsp3) is 0.0256. The molecule has 0 unspecified atom stereocenters. The molecule has 0 radical (unpaired) electrons. The largest absolute Gasteiger partial charge is 0.416 e. The second kappa shape index (κ2) is 10.3. The molecule has 7 aromatic rings. The van der Waals surface area contributed by atoms with Crippen LogP contribution in [-0.4, -0.2) is 16.4 Å². The van der Waals surface area contributed by atoms with Crippen LogP contribution in [-0.2, 0) is 6.18 Å². The van der Waals surface area contributed by atoms with Gasteiger partial charge in [-0.1, -0.05) is 109 Å². The van der Waals surface area contributed by atoms with Crippen LogP contribution in [0, 0.1) is 0 Å². The maximum absolute atomic E-state index is 14.7. The van der Waals surface area contributed by atoms with Crippen molar-refractivity contribution in [3.63, 3.8) is 0 Å². The van der Waals surface area contributed by atoms with Crippen molar-refractivity contribution in [3.8, 4) is 27.9 Å². The number of rotatable bonds is 4. The first kappa shape index (κ1) is 27.6. The first-order valence-corrected chi connectivity index (χ1v) is 14.7. The van der Waals surface area contributed by atoms with Crippen molar-refractivity contribution in [2.24, 2.45) is 0 Å². The van der Waals surface area contributed by atoms with E-state index in [-0.39, 0.29) is 16.6 Å². The minimum Gasteiger partial charge on any atom is -0.308 e. The minimum atomic E-state index is -4.56. The lowest BCUT2D eigenvalue weighted by molar-refractivity contribution is -0.137. The Hall–Kier alpha value is -5.95. The normalized spacial score (nSPS) is 13.2. The number of hydrogen-bond donors (Lipinski definition) is 0. The number of carbonyl (C=O) groups is 2. The highest BCUT2D eigenvalue weighted by Gasteiger charge is 2.41. The maximum Gasteiger partial charge on any atom is 0.416 e. The SMILES string of the molecule is O=C1c2cccc(-n3c4ccccc4c4ccc(C(F)(F)F)cc43)c2C(=O)N1c1c(-c2ccccc2)cccc1-c1ccccc1. The molecule has 0 N–H and O–H groups in total. The molecule has 0 fully saturated rings. The molecule has 6 aromatic carbocycles. The van der Waals surface area contributed by atoms with Gasteiger partial charge in [0.25, 0.3) is 11.8 Å². The van der Waals surface area contributed by atoms with E-state index in [9.17, 15) is 22.8 Å². The number of alkyl halides is 3. The van der Waals surface area contributed by atoms with Gasteiger partial charge in [-0.25, -0.2) is 4.90 Å². The Morgan fingerprint density at radius 3 is 1.72 bits per heavy atom. The molecule has 2 amide bonds. The summed E-state index contributed by atoms with van der Waals surface area (Å²) in [6.45, 7) is 0. The van der Waals surface area contributed by atoms with Crippen LogP contribution in [0.3, 0.4) is 0 Å². The van der Waals surface area contributed by atoms with Crippen LogP contribution in [0.5, 0.6) is 0 Å². The van der Waals surface area contributed by atoms with E-state index in [1.807, 2.05) is 91.0 Å². The van der Waals surface area contributed by atoms with Crippen molar-refractivity contribution in [3.05, 3.63) is 156 Å². The molecule has 1 aliphatic heterocycles. The molecule has 8 rings (SSSR count). The van der Waals surface area contributed by atoms with Gasteiger partial charge in [-0.05, 0) is 41.5 Å². The Balaban J connectivity index is 1.39. The lowest BCUT2D eigenvalue weighted by Crippen LogP contribution is -2.30. The smallest absolute Gasteiger partial charge is 0.308 e. The summed E-state index contributed by atoms with van der Waals surface area (Å²) >= 11 is 0. The predicted octanol–water partition coefficient (Wildman–Crippen LogP) is 9.94. The van der Waals surface area contributed by atoms with E-state index in [1.165, 1.54) is 11.0 Å². The van der Waals surface area contributed by atoms with Gasteiger partial charge >= 0.3 is 6.18 Å². The summed E-state index contributed by atoms with van der Waals surface area (Å²) in [5.41, 5.74) is 4.26. The predicted molar refractivity (Wildman–Crippen MR) is 174 cm³/mol. The number of anilines is 1. The molecule has 0 atom stereocenters. The van der Waals surface area contributed by atoms with Crippen molar-refractivity contribution in [2.45, 2.75) is 6.18 Å². The number of aromatic nitrogens is 1. The van der Waals surface area contributed by atoms with Crippen LogP contribution in [0.1, 0.15) is 26.3 Å². The van der Waals surface area contributed by atoms with Crippen LogP contribution in [0.2, 0.25) is 0 Å². The van der Waals surface area contributed by atoms with Crippen LogP contribution in [0.4, 0.5) is 18.9 Å². The molecule has 0 aliphatic carbocycles. The summed E-state index contributed by atoms with van der Waals surface area (Å²) in [5, 5.41) is 1.34. The van der Waals surface area contributed by atoms with E-state index in [1.54, 1.807) is 34.9 Å². The van der Waals surface area contributed by atoms with Gasteiger partial charge in [0.1, 0.15) is 0 Å². The zero-order chi connectivity index (χ0) is 31.6. The Bertz CT molecular complexity index is 2280. The van der Waals surface area contributed by atoms with Gasteiger partial charge in [0.2, 0.25) is 0 Å². The average Bonchev–Trinajstić information content (AvgIpc) is 3.55. The summed E-state index contributed by atoms with van der Waals surface area (Å²) in [5.74, 6) is -1.05. The highest BCUT2D eigenvalue weighted by molar-refractivity contribution is 6.37. The molecule has 1 aromatic heterocycles. The second-order valence-corrected chi connectivity index (χ2v) is 11.2. The first-order chi connectivity index (χ1) is 22.3. The number of nitrogens with zero attached hydrogens (tertiary/aromatic N) is 2. The summed E-state index contributed by atoms with van der Waals surface area (Å²) in [6.07, 6.45) is -4.56. The number of hydrogen-bond acceptors (Lipinski definition) is 2. The first-order valence-electron chi connectivity index (χ1n) is 14.7. The zero-order valence-electron chi connectivity index (χ0n) is 24.1. The number of imide groups is 1. The van der Waals surface area contributed by atoms with Gasteiger partial charge in [-0.2, -0.15) is 13.2 Å². The van der Waals surface area contributed by atoms with Gasteiger partial charge in [-0.15, -0.1) is 0 Å². The van der Waals surface area contributed by atoms with Gasteiger partial charge in [0.15, 0.2) is 0 Å². The number of halogens is 3. The van der Waals surface area contributed by atoms with E-state index < -0.39 is 23.6 Å². The third kappa shape index (κ3) is 4.16. The highest BCUT2D eigenvalue weighted by atomic mass is 19.4. The average molecular weight is 609 g/mol. The quantitative estimate of drug-likeness (QED) is 0.187. The van der Waals surface area contributed by atoms with Crippen molar-refractivity contribution in [1.29, 1.82) is 0 Å². The van der Waals surface area contributed by atoms with Crippen molar-refractivity contribution in [2.75, 3.05) is 4.90 Å². The van der Waals surface area contributed by atoms with Gasteiger partial charge in [-0.3, -0.25) is 9.59 Å². The third-order valence-electron chi connectivity index (χ3n) is 8.56. The van der Waals surface area contributed by atoms with Crippen LogP contribution in [0.25, 0.3) is 49.7 Å². The standard InChI is InChI=1S/C39H23F3N2O2/c40-39(41,42)26-21-22-30-29-15-7-8-19-32(29)43(34(30)23-26)33-20-10-18-31-35(33)38(46)44(37(31)45)36-27(24-11-3-1-4-12-24)16-9-17-28(36)25-13-5-2-6-14-25/h1-23H. The molecule has 7 heteroatoms. The number of para-hydroxylation sites is 2. The molecular weight excluding hydrogens is 585 g/mol. The van der Waals surface area contributed by atoms with E-state index in [4.69, 9.17) is 0 Å². The summed E-state index contributed by atoms with van der Waals surface area (Å²) in [7, 11) is 0. The summed E-state index contributed by atoms with van der Waals surface area (Å²) < 4.78 is 43.4. The Kier molecular flexibility index (Phi) is 6.18. The number of amides is 2. The number of fused-ring (bicyclic) bond motifs is 4. The number of benzene rings is 6. The highest BCUT2D eigenvalue weighted by Crippen LogP contribution is 2.45. The van der Waals surface area contributed by atoms with Gasteiger partial charge in [0, 0.05) is 21.9 Å². The monoisotopic (exact) mass is 608 g/mol. The molecule has 1 aliphatic rings. The van der Waals surface area contributed by atoms with Crippen molar-refractivity contribution in [1.82, 2.24) is 4.57 Å². The lowest BCUT2D eigenvalue weighted by Gasteiger charge is -2.23.